The number of hydrogen-bond donors (Lipinski definition) is 1. The highest BCUT2D eigenvalue weighted by Crippen LogP contribution is 2.33. The van der Waals surface area contributed by atoms with E-state index >= 15 is 0 Å². The van der Waals surface area contributed by atoms with E-state index in [4.69, 9.17) is 14.5 Å². The molecule has 25 heavy (non-hydrogen) atoms. The number of unbranched alkanes of at least 4 members (excludes halogenated alkanes) is 1. The van der Waals surface area contributed by atoms with Crippen LogP contribution in [0.15, 0.2) is 40.5 Å². The van der Waals surface area contributed by atoms with E-state index in [9.17, 15) is 4.79 Å². The molecule has 0 saturated carbocycles. The lowest BCUT2D eigenvalue weighted by molar-refractivity contribution is -0.138. The minimum Gasteiger partial charge on any atom is -0.497 e. The molecule has 5 nitrogen and oxygen atoms in total. The number of esters is 1. The minimum atomic E-state index is -0.365. The number of carbonyl (C=O) groups is 1. The van der Waals surface area contributed by atoms with Gasteiger partial charge in [0.25, 0.3) is 0 Å². The lowest BCUT2D eigenvalue weighted by atomic mass is 9.96. The maximum absolute atomic E-state index is 12.5. The first-order valence-electron chi connectivity index (χ1n) is 8.60. The fourth-order valence-electron chi connectivity index (χ4n) is 2.53. The molecule has 0 radical (unpaired) electrons. The smallest absolute Gasteiger partial charge is 0.338 e. The molecule has 0 aliphatic carbocycles. The van der Waals surface area contributed by atoms with Crippen molar-refractivity contribution in [3.63, 3.8) is 0 Å². The van der Waals surface area contributed by atoms with Gasteiger partial charge in [-0.3, -0.25) is 0 Å². The number of thioether (sulfide) groups is 1. The van der Waals surface area contributed by atoms with E-state index in [0.717, 1.165) is 40.8 Å². The second-order valence-electron chi connectivity index (χ2n) is 5.70. The first-order valence-corrected chi connectivity index (χ1v) is 9.58. The number of rotatable bonds is 7. The third-order valence-electron chi connectivity index (χ3n) is 3.88. The van der Waals surface area contributed by atoms with Gasteiger partial charge in [0.2, 0.25) is 0 Å². The average Bonchev–Trinajstić information content (AvgIpc) is 2.61. The SMILES string of the molecule is CCCCSC1=N[C@@H](c2ccc(OC)cc2)C(C(=O)OCC)=C(C)N1. The molecule has 1 aromatic carbocycles. The van der Waals surface area contributed by atoms with E-state index in [-0.39, 0.29) is 12.0 Å². The molecule has 0 fully saturated rings. The second kappa shape index (κ2) is 9.51. The molecule has 0 amide bonds. The molecule has 2 rings (SSSR count). The highest BCUT2D eigenvalue weighted by atomic mass is 32.2. The molecule has 1 aliphatic heterocycles. The van der Waals surface area contributed by atoms with Crippen LogP contribution >= 0.6 is 11.8 Å². The van der Waals surface area contributed by atoms with Crippen LogP contribution in [0.3, 0.4) is 0 Å². The summed E-state index contributed by atoms with van der Waals surface area (Å²) in [5, 5.41) is 4.10. The topological polar surface area (TPSA) is 59.9 Å². The van der Waals surface area contributed by atoms with E-state index < -0.39 is 0 Å². The molecule has 1 aromatic rings. The second-order valence-corrected chi connectivity index (χ2v) is 6.78. The third kappa shape index (κ3) is 5.01. The van der Waals surface area contributed by atoms with Crippen molar-refractivity contribution in [2.24, 2.45) is 4.99 Å². The standard InChI is InChI=1S/C19H26N2O3S/c1-5-7-12-25-19-20-13(3)16(18(22)24-6-2)17(21-19)14-8-10-15(23-4)11-9-14/h8-11,17H,5-7,12H2,1-4H3,(H,20,21)/t17-/m0/s1. The number of aliphatic imine (C=N–C) groups is 1. The van der Waals surface area contributed by atoms with Crippen molar-refractivity contribution in [2.75, 3.05) is 19.5 Å². The normalized spacial score (nSPS) is 17.0. The Bertz CT molecular complexity index is 653. The zero-order valence-electron chi connectivity index (χ0n) is 15.3. The van der Waals surface area contributed by atoms with Gasteiger partial charge in [-0.1, -0.05) is 37.2 Å². The zero-order valence-corrected chi connectivity index (χ0v) is 16.1. The maximum atomic E-state index is 12.5. The molecular weight excluding hydrogens is 336 g/mol. The van der Waals surface area contributed by atoms with E-state index in [1.165, 1.54) is 0 Å². The number of nitrogens with zero attached hydrogens (tertiary/aromatic N) is 1. The van der Waals surface area contributed by atoms with E-state index in [1.807, 2.05) is 38.1 Å². The van der Waals surface area contributed by atoms with Crippen LogP contribution in [-0.4, -0.2) is 30.6 Å². The predicted octanol–water partition coefficient (Wildman–Crippen LogP) is 4.07. The summed E-state index contributed by atoms with van der Waals surface area (Å²) in [4.78, 5) is 17.2. The van der Waals surface area contributed by atoms with E-state index in [0.29, 0.717) is 12.2 Å². The molecule has 136 valence electrons. The zero-order chi connectivity index (χ0) is 18.2. The summed E-state index contributed by atoms with van der Waals surface area (Å²) in [6, 6.07) is 7.29. The van der Waals surface area contributed by atoms with Gasteiger partial charge in [-0.2, -0.15) is 0 Å². The van der Waals surface area contributed by atoms with Crippen LogP contribution in [0.4, 0.5) is 0 Å². The van der Waals surface area contributed by atoms with Crippen LogP contribution in [-0.2, 0) is 9.53 Å². The van der Waals surface area contributed by atoms with Crippen LogP contribution in [0.1, 0.15) is 45.2 Å². The number of benzene rings is 1. The number of nitrogens with one attached hydrogen (secondary N) is 1. The number of amidine groups is 1. The Morgan fingerprint density at radius 2 is 2.00 bits per heavy atom. The summed E-state index contributed by atoms with van der Waals surface area (Å²) in [6.45, 7) is 6.22. The number of hydrogen-bond acceptors (Lipinski definition) is 6. The largest absolute Gasteiger partial charge is 0.497 e. The van der Waals surface area contributed by atoms with Crippen molar-refractivity contribution >= 4 is 22.9 Å². The van der Waals surface area contributed by atoms with Gasteiger partial charge in [0, 0.05) is 11.4 Å². The van der Waals surface area contributed by atoms with Gasteiger partial charge in [-0.15, -0.1) is 0 Å². The summed E-state index contributed by atoms with van der Waals surface area (Å²) in [7, 11) is 1.63. The third-order valence-corrected chi connectivity index (χ3v) is 4.86. The fourth-order valence-corrected chi connectivity index (χ4v) is 3.57. The summed E-state index contributed by atoms with van der Waals surface area (Å²) >= 11 is 1.69. The molecule has 1 atom stereocenters. The van der Waals surface area contributed by atoms with Crippen molar-refractivity contribution in [1.29, 1.82) is 0 Å². The number of allylic oxidation sites excluding steroid dienone is 1. The molecule has 1 heterocycles. The van der Waals surface area contributed by atoms with Crippen molar-refractivity contribution in [3.8, 4) is 5.75 Å². The van der Waals surface area contributed by atoms with E-state index in [1.54, 1.807) is 18.9 Å². The molecular formula is C19H26N2O3S. The first-order chi connectivity index (χ1) is 12.1. The van der Waals surface area contributed by atoms with Crippen LogP contribution < -0.4 is 10.1 Å². The quantitative estimate of drug-likeness (QED) is 0.585. The lowest BCUT2D eigenvalue weighted by Crippen LogP contribution is -2.30. The number of ether oxygens (including phenoxy) is 2. The maximum Gasteiger partial charge on any atom is 0.338 e. The van der Waals surface area contributed by atoms with Gasteiger partial charge in [0.1, 0.15) is 11.8 Å². The molecule has 0 spiro atoms. The van der Waals surface area contributed by atoms with Crippen molar-refractivity contribution in [3.05, 3.63) is 41.1 Å². The van der Waals surface area contributed by atoms with Gasteiger partial charge >= 0.3 is 5.97 Å². The fraction of sp³-hybridized carbons (Fsp3) is 0.474. The lowest BCUT2D eigenvalue weighted by Gasteiger charge is -2.26. The van der Waals surface area contributed by atoms with Gasteiger partial charge in [-0.25, -0.2) is 9.79 Å². The Morgan fingerprint density at radius 3 is 2.60 bits per heavy atom. The highest BCUT2D eigenvalue weighted by molar-refractivity contribution is 8.13. The molecule has 0 saturated heterocycles. The van der Waals surface area contributed by atoms with Crippen LogP contribution in [0, 0.1) is 0 Å². The monoisotopic (exact) mass is 362 g/mol. The van der Waals surface area contributed by atoms with Crippen LogP contribution in [0.2, 0.25) is 0 Å². The Morgan fingerprint density at radius 1 is 1.28 bits per heavy atom. The molecule has 6 heteroatoms. The molecule has 0 aromatic heterocycles. The molecule has 1 N–H and O–H groups in total. The Kier molecular flexibility index (Phi) is 7.37. The van der Waals surface area contributed by atoms with Crippen molar-refractivity contribution in [2.45, 2.75) is 39.7 Å². The predicted molar refractivity (Wildman–Crippen MR) is 103 cm³/mol. The molecule has 1 aliphatic rings. The number of methoxy groups -OCH3 is 1. The average molecular weight is 362 g/mol. The summed E-state index contributed by atoms with van der Waals surface area (Å²) in [5.74, 6) is 1.45. The van der Waals surface area contributed by atoms with Crippen LogP contribution in [0.5, 0.6) is 5.75 Å². The minimum absolute atomic E-state index is 0.324. The van der Waals surface area contributed by atoms with E-state index in [2.05, 4.69) is 12.2 Å². The van der Waals surface area contributed by atoms with Crippen molar-refractivity contribution in [1.82, 2.24) is 5.32 Å². The van der Waals surface area contributed by atoms with Gasteiger partial charge in [0.05, 0.1) is 19.3 Å². The molecule has 0 bridgehead atoms. The van der Waals surface area contributed by atoms with Gasteiger partial charge < -0.3 is 14.8 Å². The summed E-state index contributed by atoms with van der Waals surface area (Å²) < 4.78 is 10.5. The first kappa shape index (κ1) is 19.4. The van der Waals surface area contributed by atoms with Gasteiger partial charge in [-0.05, 0) is 38.0 Å². The van der Waals surface area contributed by atoms with Gasteiger partial charge in [0.15, 0.2) is 5.17 Å². The molecule has 0 unspecified atom stereocenters. The van der Waals surface area contributed by atoms with Crippen LogP contribution in [0.25, 0.3) is 0 Å². The highest BCUT2D eigenvalue weighted by Gasteiger charge is 2.30. The van der Waals surface area contributed by atoms with Crippen molar-refractivity contribution < 1.29 is 14.3 Å². The Balaban J connectivity index is 2.33. The Labute approximate surface area is 153 Å². The Hall–Kier alpha value is -1.95. The number of carbonyl (C=O) groups excluding carboxylic acids is 1. The summed E-state index contributed by atoms with van der Waals surface area (Å²) in [5.41, 5.74) is 2.30. The summed E-state index contributed by atoms with van der Waals surface area (Å²) in [6.07, 6.45) is 2.27.